The van der Waals surface area contributed by atoms with Crippen LogP contribution in [0.2, 0.25) is 0 Å². The third kappa shape index (κ3) is 1.82. The number of rotatable bonds is 2. The van der Waals surface area contributed by atoms with Gasteiger partial charge < -0.3 is 0 Å². The Balaban J connectivity index is 2.44. The first-order valence-electron chi connectivity index (χ1n) is 4.72. The molecular formula is C12H9NO2S. The lowest BCUT2D eigenvalue weighted by Crippen LogP contribution is -2.35. The molecule has 1 aliphatic heterocycles. The summed E-state index contributed by atoms with van der Waals surface area (Å²) >= 11 is 1.44. The van der Waals surface area contributed by atoms with E-state index in [-0.39, 0.29) is 12.5 Å². The second-order valence-electron chi connectivity index (χ2n) is 3.32. The fourth-order valence-electron chi connectivity index (χ4n) is 1.56. The van der Waals surface area contributed by atoms with Crippen molar-refractivity contribution in [2.24, 2.45) is 0 Å². The summed E-state index contributed by atoms with van der Waals surface area (Å²) in [5, 5.41) is 0. The van der Waals surface area contributed by atoms with E-state index in [0.717, 1.165) is 16.9 Å². The maximum Gasteiger partial charge on any atom is 0.238 e. The number of anilines is 1. The molecule has 0 fully saturated rings. The predicted octanol–water partition coefficient (Wildman–Crippen LogP) is 1.57. The molecule has 0 saturated heterocycles. The van der Waals surface area contributed by atoms with Crippen LogP contribution in [-0.2, 0) is 4.79 Å². The van der Waals surface area contributed by atoms with Crippen LogP contribution >= 0.6 is 11.8 Å². The lowest BCUT2D eigenvalue weighted by molar-refractivity contribution is -0.116. The normalized spacial score (nSPS) is 14.2. The molecule has 0 unspecified atom stereocenters. The Morgan fingerprint density at radius 1 is 1.56 bits per heavy atom. The third-order valence-electron chi connectivity index (χ3n) is 2.31. The Labute approximate surface area is 97.8 Å². The van der Waals surface area contributed by atoms with Gasteiger partial charge in [-0.15, -0.1) is 18.2 Å². The summed E-state index contributed by atoms with van der Waals surface area (Å²) in [6, 6.07) is 5.23. The van der Waals surface area contributed by atoms with E-state index < -0.39 is 0 Å². The molecule has 16 heavy (non-hydrogen) atoms. The van der Waals surface area contributed by atoms with E-state index in [1.807, 2.05) is 0 Å². The van der Waals surface area contributed by atoms with Gasteiger partial charge in [0.05, 0.1) is 18.0 Å². The number of amides is 1. The minimum absolute atomic E-state index is 0.00861. The Morgan fingerprint density at radius 2 is 2.38 bits per heavy atom. The number of nitrogens with zero attached hydrogens (tertiary/aromatic N) is 1. The fraction of sp³-hybridized carbons (Fsp3) is 0.167. The monoisotopic (exact) mass is 231 g/mol. The highest BCUT2D eigenvalue weighted by Crippen LogP contribution is 2.35. The van der Waals surface area contributed by atoms with Gasteiger partial charge in [-0.25, -0.2) is 0 Å². The molecule has 0 N–H and O–H groups in total. The standard InChI is InChI=1S/C12H9NO2S/c1-2-5-13-10-4-3-9(7-14)6-11(10)16-8-12(13)15/h1,3-4,6-7H,5,8H2. The van der Waals surface area contributed by atoms with Crippen molar-refractivity contribution < 1.29 is 9.59 Å². The minimum Gasteiger partial charge on any atom is -0.299 e. The summed E-state index contributed by atoms with van der Waals surface area (Å²) in [7, 11) is 0. The molecule has 80 valence electrons. The maximum absolute atomic E-state index is 11.6. The van der Waals surface area contributed by atoms with Crippen LogP contribution in [0.4, 0.5) is 5.69 Å². The molecule has 0 bridgehead atoms. The van der Waals surface area contributed by atoms with E-state index in [0.29, 0.717) is 11.3 Å². The van der Waals surface area contributed by atoms with Crippen molar-refractivity contribution in [3.63, 3.8) is 0 Å². The van der Waals surface area contributed by atoms with Crippen molar-refractivity contribution in [1.29, 1.82) is 0 Å². The molecule has 1 aliphatic rings. The Bertz CT molecular complexity index is 490. The van der Waals surface area contributed by atoms with Crippen LogP contribution in [0.5, 0.6) is 0 Å². The first kappa shape index (κ1) is 10.8. The lowest BCUT2D eigenvalue weighted by atomic mass is 10.2. The summed E-state index contributed by atoms with van der Waals surface area (Å²) in [5.74, 6) is 2.84. The summed E-state index contributed by atoms with van der Waals surface area (Å²) in [5.41, 5.74) is 1.41. The average molecular weight is 231 g/mol. The molecule has 0 spiro atoms. The predicted molar refractivity (Wildman–Crippen MR) is 63.7 cm³/mol. The molecule has 0 atom stereocenters. The van der Waals surface area contributed by atoms with E-state index >= 15 is 0 Å². The SMILES string of the molecule is C#CCN1C(=O)CSc2cc(C=O)ccc21. The van der Waals surface area contributed by atoms with Crippen molar-refractivity contribution >= 4 is 29.6 Å². The zero-order chi connectivity index (χ0) is 11.5. The van der Waals surface area contributed by atoms with Crippen molar-refractivity contribution in [3.8, 4) is 12.3 Å². The van der Waals surface area contributed by atoms with Gasteiger partial charge in [0.2, 0.25) is 5.91 Å². The molecule has 1 amide bonds. The van der Waals surface area contributed by atoms with Gasteiger partial charge >= 0.3 is 0 Å². The maximum atomic E-state index is 11.6. The fourth-order valence-corrected chi connectivity index (χ4v) is 2.54. The lowest BCUT2D eigenvalue weighted by Gasteiger charge is -2.27. The highest BCUT2D eigenvalue weighted by molar-refractivity contribution is 8.00. The number of thioether (sulfide) groups is 1. The van der Waals surface area contributed by atoms with Crippen LogP contribution in [0.3, 0.4) is 0 Å². The summed E-state index contributed by atoms with van der Waals surface area (Å²) in [4.78, 5) is 24.8. The van der Waals surface area contributed by atoms with E-state index in [1.165, 1.54) is 11.8 Å². The number of benzene rings is 1. The molecule has 0 saturated carbocycles. The number of hydrogen-bond acceptors (Lipinski definition) is 3. The van der Waals surface area contributed by atoms with Gasteiger partial charge in [0.25, 0.3) is 0 Å². The molecule has 3 nitrogen and oxygen atoms in total. The second-order valence-corrected chi connectivity index (χ2v) is 4.33. The first-order valence-corrected chi connectivity index (χ1v) is 5.70. The zero-order valence-corrected chi connectivity index (χ0v) is 9.29. The topological polar surface area (TPSA) is 37.4 Å². The highest BCUT2D eigenvalue weighted by Gasteiger charge is 2.23. The number of carbonyl (C=O) groups is 2. The molecule has 2 rings (SSSR count). The van der Waals surface area contributed by atoms with Crippen molar-refractivity contribution in [2.75, 3.05) is 17.2 Å². The van der Waals surface area contributed by atoms with Gasteiger partial charge in [-0.05, 0) is 18.2 Å². The zero-order valence-electron chi connectivity index (χ0n) is 8.47. The van der Waals surface area contributed by atoms with Crippen LogP contribution in [0.25, 0.3) is 0 Å². The second kappa shape index (κ2) is 4.42. The Hall–Kier alpha value is -1.73. The van der Waals surface area contributed by atoms with Gasteiger partial charge in [-0.3, -0.25) is 14.5 Å². The van der Waals surface area contributed by atoms with Crippen LogP contribution in [-0.4, -0.2) is 24.5 Å². The van der Waals surface area contributed by atoms with E-state index in [1.54, 1.807) is 23.1 Å². The molecule has 1 aromatic rings. The van der Waals surface area contributed by atoms with Gasteiger partial charge in [-0.2, -0.15) is 0 Å². The van der Waals surface area contributed by atoms with Gasteiger partial charge in [0.1, 0.15) is 6.29 Å². The average Bonchev–Trinajstić information content (AvgIpc) is 2.32. The van der Waals surface area contributed by atoms with Crippen molar-refractivity contribution in [3.05, 3.63) is 23.8 Å². The van der Waals surface area contributed by atoms with E-state index in [2.05, 4.69) is 5.92 Å². The summed E-state index contributed by atoms with van der Waals surface area (Å²) in [6.07, 6.45) is 6.02. The van der Waals surface area contributed by atoms with Crippen molar-refractivity contribution in [1.82, 2.24) is 0 Å². The molecule has 0 radical (unpaired) electrons. The molecule has 0 aliphatic carbocycles. The molecular weight excluding hydrogens is 222 g/mol. The van der Waals surface area contributed by atoms with E-state index in [4.69, 9.17) is 6.42 Å². The molecule has 4 heteroatoms. The number of carbonyl (C=O) groups excluding carboxylic acids is 2. The number of hydrogen-bond donors (Lipinski definition) is 0. The number of aldehydes is 1. The summed E-state index contributed by atoms with van der Waals surface area (Å²) < 4.78 is 0. The number of fused-ring (bicyclic) bond motifs is 1. The minimum atomic E-state index is 0.00861. The third-order valence-corrected chi connectivity index (χ3v) is 3.34. The largest absolute Gasteiger partial charge is 0.299 e. The number of terminal acetylenes is 1. The van der Waals surface area contributed by atoms with Gasteiger partial charge in [0.15, 0.2) is 0 Å². The smallest absolute Gasteiger partial charge is 0.238 e. The molecule has 1 heterocycles. The first-order chi connectivity index (χ1) is 7.76. The van der Waals surface area contributed by atoms with Crippen LogP contribution in [0.15, 0.2) is 23.1 Å². The quantitative estimate of drug-likeness (QED) is 0.572. The van der Waals surface area contributed by atoms with Crippen molar-refractivity contribution in [2.45, 2.75) is 4.90 Å². The van der Waals surface area contributed by atoms with Gasteiger partial charge in [0, 0.05) is 10.5 Å². The Morgan fingerprint density at radius 3 is 3.06 bits per heavy atom. The molecule has 1 aromatic carbocycles. The van der Waals surface area contributed by atoms with Gasteiger partial charge in [-0.1, -0.05) is 5.92 Å². The summed E-state index contributed by atoms with van der Waals surface area (Å²) in [6.45, 7) is 0.271. The molecule has 0 aromatic heterocycles. The van der Waals surface area contributed by atoms with Crippen LogP contribution in [0, 0.1) is 12.3 Å². The Kier molecular flexibility index (Phi) is 2.97. The van der Waals surface area contributed by atoms with Crippen LogP contribution in [0.1, 0.15) is 10.4 Å². The van der Waals surface area contributed by atoms with E-state index in [9.17, 15) is 9.59 Å². The van der Waals surface area contributed by atoms with Crippen LogP contribution < -0.4 is 4.90 Å². The highest BCUT2D eigenvalue weighted by atomic mass is 32.2.